The minimum absolute atomic E-state index is 0.0235. The van der Waals surface area contributed by atoms with E-state index >= 15 is 0 Å². The van der Waals surface area contributed by atoms with E-state index in [4.69, 9.17) is 9.47 Å². The first kappa shape index (κ1) is 26.6. The number of nitrogens with zero attached hydrogens (tertiary/aromatic N) is 2. The van der Waals surface area contributed by atoms with Crippen molar-refractivity contribution in [2.45, 2.75) is 56.4 Å². The molecule has 2 aliphatic rings. The molecule has 196 valence electrons. The van der Waals surface area contributed by atoms with Gasteiger partial charge in [-0.1, -0.05) is 11.6 Å². The zero-order valence-electron chi connectivity index (χ0n) is 20.9. The summed E-state index contributed by atoms with van der Waals surface area (Å²) in [6, 6.07) is 10.7. The first-order valence-electron chi connectivity index (χ1n) is 12.2. The Kier molecular flexibility index (Phi) is 8.09. The molecular formula is C27H30N2O7S. The van der Waals surface area contributed by atoms with Crippen LogP contribution in [0.3, 0.4) is 0 Å². The third kappa shape index (κ3) is 5.91. The molecule has 1 aliphatic carbocycles. The summed E-state index contributed by atoms with van der Waals surface area (Å²) in [6.45, 7) is 1.36. The number of hydrogen-bond acceptors (Lipinski definition) is 7. The van der Waals surface area contributed by atoms with E-state index < -0.39 is 33.8 Å². The fraction of sp³-hybridized carbons (Fsp3) is 0.370. The standard InChI is InChI=1S/C27H30N2O7S/c1-19(30)36-23-10-8-21(9-11-23)29-26(31)18-25(27(29)32)28(17-16-20-6-4-3-5-7-20)37(33,34)24-14-12-22(35-2)13-15-24/h6,8-15,25H,3-5,7,16-18H2,1-2H3. The number of sulfonamides is 1. The molecule has 1 unspecified atom stereocenters. The van der Waals surface area contributed by atoms with Crippen LogP contribution in [0, 0.1) is 0 Å². The summed E-state index contributed by atoms with van der Waals surface area (Å²) in [5.41, 5.74) is 1.45. The number of amides is 2. The number of ether oxygens (including phenoxy) is 2. The Morgan fingerprint density at radius 2 is 1.70 bits per heavy atom. The number of allylic oxidation sites excluding steroid dienone is 1. The molecule has 2 aromatic carbocycles. The van der Waals surface area contributed by atoms with Gasteiger partial charge in [-0.25, -0.2) is 13.3 Å². The minimum atomic E-state index is -4.10. The van der Waals surface area contributed by atoms with E-state index in [0.29, 0.717) is 12.2 Å². The van der Waals surface area contributed by atoms with Crippen molar-refractivity contribution in [1.82, 2.24) is 4.31 Å². The smallest absolute Gasteiger partial charge is 0.308 e. The largest absolute Gasteiger partial charge is 0.497 e. The average molecular weight is 527 g/mol. The third-order valence-electron chi connectivity index (χ3n) is 6.53. The summed E-state index contributed by atoms with van der Waals surface area (Å²) in [4.78, 5) is 38.7. The van der Waals surface area contributed by atoms with E-state index in [1.807, 2.05) is 0 Å². The van der Waals surface area contributed by atoms with Crippen LogP contribution in [-0.2, 0) is 24.4 Å². The van der Waals surface area contributed by atoms with Gasteiger partial charge in [-0.15, -0.1) is 0 Å². The molecule has 2 aromatic rings. The van der Waals surface area contributed by atoms with E-state index in [9.17, 15) is 22.8 Å². The van der Waals surface area contributed by atoms with Crippen LogP contribution < -0.4 is 14.4 Å². The topological polar surface area (TPSA) is 110 Å². The van der Waals surface area contributed by atoms with Crippen molar-refractivity contribution < 1.29 is 32.3 Å². The van der Waals surface area contributed by atoms with Gasteiger partial charge in [-0.3, -0.25) is 14.4 Å². The fourth-order valence-corrected chi connectivity index (χ4v) is 6.24. The van der Waals surface area contributed by atoms with Gasteiger partial charge in [0.2, 0.25) is 15.9 Å². The lowest BCUT2D eigenvalue weighted by molar-refractivity contribution is -0.132. The van der Waals surface area contributed by atoms with Crippen molar-refractivity contribution in [1.29, 1.82) is 0 Å². The van der Waals surface area contributed by atoms with Gasteiger partial charge in [0.1, 0.15) is 17.5 Å². The number of esters is 1. The van der Waals surface area contributed by atoms with Crippen LogP contribution >= 0.6 is 0 Å². The number of benzene rings is 2. The van der Waals surface area contributed by atoms with Crippen molar-refractivity contribution in [3.05, 3.63) is 60.2 Å². The highest BCUT2D eigenvalue weighted by atomic mass is 32.2. The summed E-state index contributed by atoms with van der Waals surface area (Å²) >= 11 is 0. The SMILES string of the molecule is COc1ccc(S(=O)(=O)N(CCC2=CCCCC2)C2CC(=O)N(c3ccc(OC(C)=O)cc3)C2=O)cc1. The van der Waals surface area contributed by atoms with Crippen LogP contribution in [0.5, 0.6) is 11.5 Å². The van der Waals surface area contributed by atoms with E-state index in [1.54, 1.807) is 12.1 Å². The Morgan fingerprint density at radius 3 is 2.30 bits per heavy atom. The van der Waals surface area contributed by atoms with E-state index in [1.165, 1.54) is 50.4 Å². The molecule has 9 nitrogen and oxygen atoms in total. The molecule has 1 aliphatic heterocycles. The van der Waals surface area contributed by atoms with E-state index in [-0.39, 0.29) is 29.3 Å². The molecule has 1 fully saturated rings. The molecule has 0 N–H and O–H groups in total. The van der Waals surface area contributed by atoms with E-state index in [2.05, 4.69) is 6.08 Å². The van der Waals surface area contributed by atoms with Crippen LogP contribution in [0.1, 0.15) is 45.4 Å². The van der Waals surface area contributed by atoms with Crippen molar-refractivity contribution >= 4 is 33.5 Å². The lowest BCUT2D eigenvalue weighted by Gasteiger charge is -2.28. The first-order chi connectivity index (χ1) is 17.7. The number of methoxy groups -OCH3 is 1. The van der Waals surface area contributed by atoms with Crippen LogP contribution in [0.4, 0.5) is 5.69 Å². The lowest BCUT2D eigenvalue weighted by Crippen LogP contribution is -2.46. The van der Waals surface area contributed by atoms with Crippen LogP contribution in [0.15, 0.2) is 65.1 Å². The van der Waals surface area contributed by atoms with Crippen molar-refractivity contribution in [2.24, 2.45) is 0 Å². The molecule has 0 radical (unpaired) electrons. The molecule has 4 rings (SSSR count). The van der Waals surface area contributed by atoms with Crippen LogP contribution in [-0.4, -0.2) is 50.2 Å². The molecule has 0 aromatic heterocycles. The number of rotatable bonds is 9. The van der Waals surface area contributed by atoms with Gasteiger partial charge < -0.3 is 9.47 Å². The zero-order chi connectivity index (χ0) is 26.6. The molecule has 1 heterocycles. The minimum Gasteiger partial charge on any atom is -0.497 e. The molecule has 10 heteroatoms. The highest BCUT2D eigenvalue weighted by Gasteiger charge is 2.46. The maximum Gasteiger partial charge on any atom is 0.308 e. The molecule has 2 amide bonds. The molecule has 0 bridgehead atoms. The van der Waals surface area contributed by atoms with Gasteiger partial charge in [0.15, 0.2) is 0 Å². The Labute approximate surface area is 216 Å². The normalized spacial score (nSPS) is 18.2. The van der Waals surface area contributed by atoms with Crippen molar-refractivity contribution in [2.75, 3.05) is 18.6 Å². The Hall–Kier alpha value is -3.50. The molecule has 0 spiro atoms. The predicted octanol–water partition coefficient (Wildman–Crippen LogP) is 3.83. The van der Waals surface area contributed by atoms with Crippen molar-refractivity contribution in [3.63, 3.8) is 0 Å². The molecule has 0 saturated carbocycles. The fourth-order valence-electron chi connectivity index (χ4n) is 4.65. The lowest BCUT2D eigenvalue weighted by atomic mass is 9.97. The van der Waals surface area contributed by atoms with Crippen LogP contribution in [0.25, 0.3) is 0 Å². The van der Waals surface area contributed by atoms with Gasteiger partial charge in [0, 0.05) is 13.5 Å². The van der Waals surface area contributed by atoms with Gasteiger partial charge in [-0.05, 0) is 80.6 Å². The summed E-state index contributed by atoms with van der Waals surface area (Å²) in [6.07, 6.45) is 6.38. The monoisotopic (exact) mass is 526 g/mol. The summed E-state index contributed by atoms with van der Waals surface area (Å²) < 4.78 is 38.9. The van der Waals surface area contributed by atoms with Gasteiger partial charge in [-0.2, -0.15) is 4.31 Å². The van der Waals surface area contributed by atoms with Gasteiger partial charge in [0.25, 0.3) is 5.91 Å². The number of carbonyl (C=O) groups is 3. The average Bonchev–Trinajstić information content (AvgIpc) is 3.18. The summed E-state index contributed by atoms with van der Waals surface area (Å²) in [5, 5.41) is 0. The van der Waals surface area contributed by atoms with Crippen LogP contribution in [0.2, 0.25) is 0 Å². The quantitative estimate of drug-likeness (QED) is 0.211. The molecule has 37 heavy (non-hydrogen) atoms. The number of hydrogen-bond donors (Lipinski definition) is 0. The summed E-state index contributed by atoms with van der Waals surface area (Å²) in [5.74, 6) is -0.819. The Balaban J connectivity index is 1.63. The Morgan fingerprint density at radius 1 is 1.03 bits per heavy atom. The zero-order valence-corrected chi connectivity index (χ0v) is 21.7. The Bertz CT molecular complexity index is 1300. The highest BCUT2D eigenvalue weighted by molar-refractivity contribution is 7.89. The number of anilines is 1. The third-order valence-corrected chi connectivity index (χ3v) is 8.45. The predicted molar refractivity (Wildman–Crippen MR) is 137 cm³/mol. The first-order valence-corrected chi connectivity index (χ1v) is 13.6. The summed E-state index contributed by atoms with van der Waals surface area (Å²) in [7, 11) is -2.61. The second-order valence-corrected chi connectivity index (χ2v) is 10.9. The second-order valence-electron chi connectivity index (χ2n) is 9.02. The van der Waals surface area contributed by atoms with E-state index in [0.717, 1.165) is 40.5 Å². The number of imide groups is 1. The molecule has 1 atom stereocenters. The van der Waals surface area contributed by atoms with Gasteiger partial charge >= 0.3 is 5.97 Å². The number of carbonyl (C=O) groups excluding carboxylic acids is 3. The molecule has 1 saturated heterocycles. The molecular weight excluding hydrogens is 496 g/mol. The second kappa shape index (κ2) is 11.3. The van der Waals surface area contributed by atoms with Crippen molar-refractivity contribution in [3.8, 4) is 11.5 Å². The highest BCUT2D eigenvalue weighted by Crippen LogP contribution is 2.32. The maximum absolute atomic E-state index is 13.8. The maximum atomic E-state index is 13.8. The van der Waals surface area contributed by atoms with Gasteiger partial charge in [0.05, 0.1) is 24.1 Å².